The first-order valence-electron chi connectivity index (χ1n) is 6.40. The lowest BCUT2D eigenvalue weighted by Gasteiger charge is -2.32. The van der Waals surface area contributed by atoms with Crippen LogP contribution in [-0.2, 0) is 0 Å². The van der Waals surface area contributed by atoms with Crippen LogP contribution in [0.15, 0.2) is 24.3 Å². The molecule has 5 heteroatoms. The van der Waals surface area contributed by atoms with Crippen molar-refractivity contribution in [3.05, 3.63) is 29.1 Å². The van der Waals surface area contributed by atoms with Gasteiger partial charge in [0.15, 0.2) is 0 Å². The van der Waals surface area contributed by atoms with Crippen LogP contribution in [0.3, 0.4) is 0 Å². The molecule has 100 valence electrons. The Morgan fingerprint density at radius 2 is 1.95 bits per heavy atom. The zero-order valence-corrected chi connectivity index (χ0v) is 11.7. The molecular formula is C14H17N3OS. The number of carbonyl (C=O) groups excluding carboxylic acids is 1. The molecule has 0 saturated carbocycles. The minimum Gasteiger partial charge on any atom is -0.399 e. The highest BCUT2D eigenvalue weighted by atomic mass is 32.1. The Bertz CT molecular complexity index is 614. The SMILES string of the molecule is CN1CCN(C(=O)c2cc3cc(N)ccc3s2)CC1. The highest BCUT2D eigenvalue weighted by Gasteiger charge is 2.21. The van der Waals surface area contributed by atoms with E-state index in [1.54, 1.807) is 11.3 Å². The summed E-state index contributed by atoms with van der Waals surface area (Å²) in [5.74, 6) is 0.146. The minimum atomic E-state index is 0.146. The number of nitrogens with two attached hydrogens (primary N) is 1. The Labute approximate surface area is 116 Å². The number of fused-ring (bicyclic) bond motifs is 1. The summed E-state index contributed by atoms with van der Waals surface area (Å²) in [6.07, 6.45) is 0. The molecule has 1 aromatic heterocycles. The van der Waals surface area contributed by atoms with Crippen molar-refractivity contribution in [3.63, 3.8) is 0 Å². The Hall–Kier alpha value is -1.59. The van der Waals surface area contributed by atoms with Crippen LogP contribution in [0.25, 0.3) is 10.1 Å². The smallest absolute Gasteiger partial charge is 0.264 e. The highest BCUT2D eigenvalue weighted by molar-refractivity contribution is 7.20. The van der Waals surface area contributed by atoms with Crippen molar-refractivity contribution in [2.24, 2.45) is 0 Å². The van der Waals surface area contributed by atoms with Gasteiger partial charge in [-0.25, -0.2) is 0 Å². The molecule has 1 amide bonds. The Kier molecular flexibility index (Phi) is 3.16. The average molecular weight is 275 g/mol. The molecule has 0 atom stereocenters. The fraction of sp³-hybridized carbons (Fsp3) is 0.357. The maximum atomic E-state index is 12.4. The van der Waals surface area contributed by atoms with Gasteiger partial charge in [-0.05, 0) is 36.7 Å². The maximum absolute atomic E-state index is 12.4. The molecule has 0 bridgehead atoms. The summed E-state index contributed by atoms with van der Waals surface area (Å²) in [4.78, 5) is 17.4. The van der Waals surface area contributed by atoms with Crippen LogP contribution in [0.1, 0.15) is 9.67 Å². The van der Waals surface area contributed by atoms with Crippen molar-refractivity contribution < 1.29 is 4.79 Å². The number of nitrogens with zero attached hydrogens (tertiary/aromatic N) is 2. The average Bonchev–Trinajstić information content (AvgIpc) is 2.81. The zero-order chi connectivity index (χ0) is 13.4. The number of nitrogen functional groups attached to an aromatic ring is 1. The number of thiophene rings is 1. The van der Waals surface area contributed by atoms with Crippen LogP contribution in [0.4, 0.5) is 5.69 Å². The fourth-order valence-electron chi connectivity index (χ4n) is 2.33. The van der Waals surface area contributed by atoms with Crippen molar-refractivity contribution in [2.75, 3.05) is 39.0 Å². The molecular weight excluding hydrogens is 258 g/mol. The van der Waals surface area contributed by atoms with Gasteiger partial charge in [-0.3, -0.25) is 4.79 Å². The largest absolute Gasteiger partial charge is 0.399 e. The van der Waals surface area contributed by atoms with Crippen LogP contribution in [0.5, 0.6) is 0 Å². The molecule has 2 N–H and O–H groups in total. The lowest BCUT2D eigenvalue weighted by Crippen LogP contribution is -2.46. The molecule has 2 aromatic rings. The third kappa shape index (κ3) is 2.43. The van der Waals surface area contributed by atoms with E-state index in [2.05, 4.69) is 11.9 Å². The molecule has 1 aromatic carbocycles. The van der Waals surface area contributed by atoms with Gasteiger partial charge in [0.25, 0.3) is 5.91 Å². The van der Waals surface area contributed by atoms with E-state index in [0.717, 1.165) is 46.8 Å². The first kappa shape index (κ1) is 12.4. The second-order valence-corrected chi connectivity index (χ2v) is 6.09. The number of likely N-dealkylation sites (N-methyl/N-ethyl adjacent to an activating group) is 1. The zero-order valence-electron chi connectivity index (χ0n) is 10.9. The van der Waals surface area contributed by atoms with Gasteiger partial charge in [0.05, 0.1) is 4.88 Å². The summed E-state index contributed by atoms with van der Waals surface area (Å²) in [5, 5.41) is 1.06. The summed E-state index contributed by atoms with van der Waals surface area (Å²) >= 11 is 1.55. The van der Waals surface area contributed by atoms with Gasteiger partial charge < -0.3 is 15.5 Å². The first-order valence-corrected chi connectivity index (χ1v) is 7.22. The van der Waals surface area contributed by atoms with Crippen LogP contribution in [-0.4, -0.2) is 48.9 Å². The molecule has 0 aliphatic carbocycles. The molecule has 4 nitrogen and oxygen atoms in total. The van der Waals surface area contributed by atoms with E-state index in [-0.39, 0.29) is 5.91 Å². The van der Waals surface area contributed by atoms with E-state index in [4.69, 9.17) is 5.73 Å². The van der Waals surface area contributed by atoms with Crippen LogP contribution in [0.2, 0.25) is 0 Å². The van der Waals surface area contributed by atoms with E-state index in [1.165, 1.54) is 0 Å². The van der Waals surface area contributed by atoms with Gasteiger partial charge in [-0.2, -0.15) is 0 Å². The molecule has 2 heterocycles. The summed E-state index contributed by atoms with van der Waals surface area (Å²) in [6, 6.07) is 7.74. The van der Waals surface area contributed by atoms with Crippen LogP contribution in [0, 0.1) is 0 Å². The molecule has 0 radical (unpaired) electrons. The summed E-state index contributed by atoms with van der Waals surface area (Å²) in [5.41, 5.74) is 6.51. The van der Waals surface area contributed by atoms with Gasteiger partial charge in [-0.15, -0.1) is 11.3 Å². The topological polar surface area (TPSA) is 49.6 Å². The van der Waals surface area contributed by atoms with Crippen molar-refractivity contribution in [2.45, 2.75) is 0 Å². The van der Waals surface area contributed by atoms with Crippen LogP contribution >= 0.6 is 11.3 Å². The number of rotatable bonds is 1. The molecule has 1 saturated heterocycles. The molecule has 1 aliphatic rings. The van der Waals surface area contributed by atoms with E-state index in [1.807, 2.05) is 29.2 Å². The monoisotopic (exact) mass is 275 g/mol. The van der Waals surface area contributed by atoms with Gasteiger partial charge >= 0.3 is 0 Å². The number of hydrogen-bond donors (Lipinski definition) is 1. The normalized spacial score (nSPS) is 17.0. The van der Waals surface area contributed by atoms with Crippen molar-refractivity contribution >= 4 is 33.0 Å². The summed E-state index contributed by atoms with van der Waals surface area (Å²) in [7, 11) is 2.09. The molecule has 0 unspecified atom stereocenters. The number of amides is 1. The molecule has 1 fully saturated rings. The lowest BCUT2D eigenvalue weighted by molar-refractivity contribution is 0.0669. The standard InChI is InChI=1S/C14H17N3OS/c1-16-4-6-17(7-5-16)14(18)13-9-10-8-11(15)2-3-12(10)19-13/h2-3,8-9H,4-7,15H2,1H3. The quantitative estimate of drug-likeness (QED) is 0.808. The predicted octanol–water partition coefficient (Wildman–Crippen LogP) is 1.87. The van der Waals surface area contributed by atoms with E-state index in [9.17, 15) is 4.79 Å². The van der Waals surface area contributed by atoms with Gasteiger partial charge in [0.2, 0.25) is 0 Å². The van der Waals surface area contributed by atoms with Gasteiger partial charge in [0, 0.05) is 36.6 Å². The molecule has 1 aliphatic heterocycles. The second-order valence-electron chi connectivity index (χ2n) is 5.00. The van der Waals surface area contributed by atoms with Crippen molar-refractivity contribution in [3.8, 4) is 0 Å². The minimum absolute atomic E-state index is 0.146. The third-order valence-corrected chi connectivity index (χ3v) is 4.65. The Morgan fingerprint density at radius 3 is 2.68 bits per heavy atom. The number of anilines is 1. The second kappa shape index (κ2) is 4.83. The molecule has 0 spiro atoms. The van der Waals surface area contributed by atoms with E-state index < -0.39 is 0 Å². The summed E-state index contributed by atoms with van der Waals surface area (Å²) < 4.78 is 1.12. The van der Waals surface area contributed by atoms with Gasteiger partial charge in [-0.1, -0.05) is 0 Å². The number of piperazine rings is 1. The van der Waals surface area contributed by atoms with Crippen molar-refractivity contribution in [1.82, 2.24) is 9.80 Å². The Morgan fingerprint density at radius 1 is 1.21 bits per heavy atom. The maximum Gasteiger partial charge on any atom is 0.264 e. The van der Waals surface area contributed by atoms with Gasteiger partial charge in [0.1, 0.15) is 0 Å². The van der Waals surface area contributed by atoms with Crippen LogP contribution < -0.4 is 5.73 Å². The highest BCUT2D eigenvalue weighted by Crippen LogP contribution is 2.28. The van der Waals surface area contributed by atoms with Crippen molar-refractivity contribution in [1.29, 1.82) is 0 Å². The number of carbonyl (C=O) groups is 1. The summed E-state index contributed by atoms with van der Waals surface area (Å²) in [6.45, 7) is 3.52. The molecule has 3 rings (SSSR count). The number of benzene rings is 1. The van der Waals surface area contributed by atoms with E-state index in [0.29, 0.717) is 0 Å². The lowest BCUT2D eigenvalue weighted by atomic mass is 10.2. The first-order chi connectivity index (χ1) is 9.13. The fourth-order valence-corrected chi connectivity index (χ4v) is 3.34. The van der Waals surface area contributed by atoms with E-state index >= 15 is 0 Å². The third-order valence-electron chi connectivity index (χ3n) is 3.54. The Balaban J connectivity index is 1.85. The predicted molar refractivity (Wildman–Crippen MR) is 79.6 cm³/mol. The molecule has 19 heavy (non-hydrogen) atoms. The number of hydrogen-bond acceptors (Lipinski definition) is 4.